The van der Waals surface area contributed by atoms with E-state index >= 15 is 0 Å². The van der Waals surface area contributed by atoms with Crippen LogP contribution >= 0.6 is 11.3 Å². The molecule has 1 aliphatic heterocycles. The number of thiophene rings is 1. The summed E-state index contributed by atoms with van der Waals surface area (Å²) in [5.74, 6) is 0.0530. The fourth-order valence-electron chi connectivity index (χ4n) is 6.37. The first-order valence-electron chi connectivity index (χ1n) is 12.7. The number of nitrogens with one attached hydrogen (secondary N) is 1. The number of likely N-dealkylation sites (tertiary alicyclic amines) is 1. The second-order valence-corrected chi connectivity index (χ2v) is 11.0. The average Bonchev–Trinajstić information content (AvgIpc) is 3.50. The molecule has 2 aromatic carbocycles. The molecular formula is C30H31N3O2S. The Morgan fingerprint density at radius 2 is 1.92 bits per heavy atom. The van der Waals surface area contributed by atoms with Gasteiger partial charge in [-0.05, 0) is 60.1 Å². The Balaban J connectivity index is 1.22. The predicted octanol–water partition coefficient (Wildman–Crippen LogP) is 5.26. The summed E-state index contributed by atoms with van der Waals surface area (Å²) in [6.07, 6.45) is 4.20. The van der Waals surface area contributed by atoms with Crippen molar-refractivity contribution >= 4 is 28.1 Å². The van der Waals surface area contributed by atoms with E-state index in [0.717, 1.165) is 42.9 Å². The zero-order valence-corrected chi connectivity index (χ0v) is 21.3. The summed E-state index contributed by atoms with van der Waals surface area (Å²) in [6.45, 7) is 2.85. The summed E-state index contributed by atoms with van der Waals surface area (Å²) in [6, 6.07) is 23.1. The minimum atomic E-state index is -0.132. The number of rotatable bonds is 6. The van der Waals surface area contributed by atoms with Crippen molar-refractivity contribution in [3.8, 4) is 0 Å². The predicted molar refractivity (Wildman–Crippen MR) is 144 cm³/mol. The molecule has 2 atom stereocenters. The van der Waals surface area contributed by atoms with Crippen molar-refractivity contribution in [2.45, 2.75) is 43.4 Å². The standard InChI is InChI=1S/C30H31N3O2S/c1-35-29-28(32-26(34)19-23-10-6-18-36-23)24-11-2-3-12-25(24)30(29)13-16-33(17-14-30)20-22-8-4-7-21-9-5-15-31-27(21)22/h2-12,15,18,28-29H,13-14,16-17,19-20H2,1H3,(H,32,34)/t28-,29+/m1/s1. The number of piperidine rings is 1. The zero-order chi connectivity index (χ0) is 24.5. The third-order valence-electron chi connectivity index (χ3n) is 8.02. The molecule has 2 aliphatic rings. The normalized spacial score (nSPS) is 21.0. The van der Waals surface area contributed by atoms with E-state index in [2.05, 4.69) is 63.7 Å². The molecule has 2 aromatic heterocycles. The highest BCUT2D eigenvalue weighted by Gasteiger charge is 2.53. The third kappa shape index (κ3) is 4.13. The average molecular weight is 498 g/mol. The van der Waals surface area contributed by atoms with E-state index in [1.165, 1.54) is 22.1 Å². The van der Waals surface area contributed by atoms with Gasteiger partial charge >= 0.3 is 0 Å². The number of para-hydroxylation sites is 1. The van der Waals surface area contributed by atoms with Gasteiger partial charge in [0, 0.05) is 35.5 Å². The van der Waals surface area contributed by atoms with Crippen LogP contribution in [0.3, 0.4) is 0 Å². The lowest BCUT2D eigenvalue weighted by Crippen LogP contribution is -2.50. The van der Waals surface area contributed by atoms with Gasteiger partial charge in [-0.1, -0.05) is 54.6 Å². The van der Waals surface area contributed by atoms with Crippen LogP contribution < -0.4 is 5.32 Å². The van der Waals surface area contributed by atoms with E-state index in [4.69, 9.17) is 4.74 Å². The van der Waals surface area contributed by atoms with Crippen molar-refractivity contribution < 1.29 is 9.53 Å². The molecule has 0 radical (unpaired) electrons. The number of fused-ring (bicyclic) bond motifs is 3. The Hall–Kier alpha value is -3.06. The Morgan fingerprint density at radius 3 is 2.72 bits per heavy atom. The number of hydrogen-bond acceptors (Lipinski definition) is 5. The molecule has 1 saturated heterocycles. The first-order chi connectivity index (χ1) is 17.7. The highest BCUT2D eigenvalue weighted by Crippen LogP contribution is 2.52. The summed E-state index contributed by atoms with van der Waals surface area (Å²) in [5.41, 5.74) is 4.81. The maximum Gasteiger partial charge on any atom is 0.225 e. The van der Waals surface area contributed by atoms with Gasteiger partial charge in [0.05, 0.1) is 24.1 Å². The van der Waals surface area contributed by atoms with Crippen molar-refractivity contribution in [1.29, 1.82) is 0 Å². The van der Waals surface area contributed by atoms with Crippen LogP contribution in [-0.2, 0) is 27.9 Å². The largest absolute Gasteiger partial charge is 0.378 e. The molecule has 6 heteroatoms. The van der Waals surface area contributed by atoms with E-state index in [-0.39, 0.29) is 23.5 Å². The molecule has 1 amide bonds. The Labute approximate surface area is 216 Å². The zero-order valence-electron chi connectivity index (χ0n) is 20.5. The van der Waals surface area contributed by atoms with E-state index in [1.54, 1.807) is 18.4 Å². The smallest absolute Gasteiger partial charge is 0.225 e. The number of methoxy groups -OCH3 is 1. The number of benzene rings is 2. The molecule has 184 valence electrons. The minimum Gasteiger partial charge on any atom is -0.378 e. The van der Waals surface area contributed by atoms with Gasteiger partial charge in [-0.25, -0.2) is 0 Å². The molecule has 1 fully saturated rings. The van der Waals surface area contributed by atoms with Gasteiger partial charge in [-0.3, -0.25) is 14.7 Å². The van der Waals surface area contributed by atoms with Crippen LogP contribution in [0.15, 0.2) is 78.3 Å². The van der Waals surface area contributed by atoms with Crippen molar-refractivity contribution in [3.63, 3.8) is 0 Å². The van der Waals surface area contributed by atoms with Gasteiger partial charge in [0.25, 0.3) is 0 Å². The number of ether oxygens (including phenoxy) is 1. The second kappa shape index (κ2) is 9.77. The van der Waals surface area contributed by atoms with Crippen molar-refractivity contribution in [3.05, 3.63) is 99.9 Å². The highest BCUT2D eigenvalue weighted by molar-refractivity contribution is 7.10. The minimum absolute atomic E-state index is 0.0530. The molecule has 0 saturated carbocycles. The number of carbonyl (C=O) groups excluding carboxylic acids is 1. The highest BCUT2D eigenvalue weighted by atomic mass is 32.1. The van der Waals surface area contributed by atoms with Gasteiger partial charge < -0.3 is 10.1 Å². The molecule has 4 aromatic rings. The topological polar surface area (TPSA) is 54.5 Å². The Morgan fingerprint density at radius 1 is 1.08 bits per heavy atom. The molecule has 5 nitrogen and oxygen atoms in total. The summed E-state index contributed by atoms with van der Waals surface area (Å²) in [7, 11) is 1.80. The molecule has 0 unspecified atom stereocenters. The van der Waals surface area contributed by atoms with Crippen LogP contribution in [0.2, 0.25) is 0 Å². The quantitative estimate of drug-likeness (QED) is 0.395. The van der Waals surface area contributed by atoms with Crippen LogP contribution in [0.1, 0.15) is 40.5 Å². The fourth-order valence-corrected chi connectivity index (χ4v) is 7.07. The van der Waals surface area contributed by atoms with E-state index in [0.29, 0.717) is 6.42 Å². The van der Waals surface area contributed by atoms with Gasteiger partial charge in [-0.2, -0.15) is 0 Å². The first kappa shape index (κ1) is 23.3. The number of pyridine rings is 1. The molecular weight excluding hydrogens is 466 g/mol. The van der Waals surface area contributed by atoms with Gasteiger partial charge in [0.2, 0.25) is 5.91 Å². The number of carbonyl (C=O) groups is 1. The van der Waals surface area contributed by atoms with Crippen LogP contribution in [0.5, 0.6) is 0 Å². The molecule has 1 spiro atoms. The lowest BCUT2D eigenvalue weighted by atomic mass is 9.71. The Bertz CT molecular complexity index is 1360. The maximum atomic E-state index is 13.0. The van der Waals surface area contributed by atoms with Gasteiger partial charge in [0.15, 0.2) is 0 Å². The van der Waals surface area contributed by atoms with Crippen molar-refractivity contribution in [1.82, 2.24) is 15.2 Å². The van der Waals surface area contributed by atoms with Crippen molar-refractivity contribution in [2.24, 2.45) is 0 Å². The first-order valence-corrected chi connectivity index (χ1v) is 13.5. The van der Waals surface area contributed by atoms with Crippen molar-refractivity contribution in [2.75, 3.05) is 20.2 Å². The van der Waals surface area contributed by atoms with Crippen LogP contribution in [0.4, 0.5) is 0 Å². The molecule has 0 bridgehead atoms. The third-order valence-corrected chi connectivity index (χ3v) is 8.90. The molecule has 1 aliphatic carbocycles. The maximum absolute atomic E-state index is 13.0. The monoisotopic (exact) mass is 497 g/mol. The van der Waals surface area contributed by atoms with Crippen LogP contribution in [0.25, 0.3) is 10.9 Å². The lowest BCUT2D eigenvalue weighted by molar-refractivity contribution is -0.122. The van der Waals surface area contributed by atoms with Crippen LogP contribution in [0, 0.1) is 0 Å². The number of aromatic nitrogens is 1. The number of hydrogen-bond donors (Lipinski definition) is 1. The van der Waals surface area contributed by atoms with E-state index < -0.39 is 0 Å². The molecule has 1 N–H and O–H groups in total. The summed E-state index contributed by atoms with van der Waals surface area (Å²) in [5, 5.41) is 6.54. The van der Waals surface area contributed by atoms with E-state index in [9.17, 15) is 4.79 Å². The summed E-state index contributed by atoms with van der Waals surface area (Å²) in [4.78, 5) is 21.3. The summed E-state index contributed by atoms with van der Waals surface area (Å²) >= 11 is 1.62. The summed E-state index contributed by atoms with van der Waals surface area (Å²) < 4.78 is 6.21. The SMILES string of the molecule is CO[C@H]1[C@H](NC(=O)Cc2cccs2)c2ccccc2C12CCN(Cc1cccc3cccnc13)CC2. The number of amides is 1. The fraction of sp³-hybridized carbons (Fsp3) is 0.333. The Kier molecular flexibility index (Phi) is 6.34. The second-order valence-electron chi connectivity index (χ2n) is 9.97. The van der Waals surface area contributed by atoms with Crippen LogP contribution in [-0.4, -0.2) is 42.1 Å². The molecule has 3 heterocycles. The number of nitrogens with zero attached hydrogens (tertiary/aromatic N) is 2. The van der Waals surface area contributed by atoms with E-state index in [1.807, 2.05) is 29.8 Å². The van der Waals surface area contributed by atoms with Gasteiger partial charge in [0.1, 0.15) is 0 Å². The molecule has 36 heavy (non-hydrogen) atoms. The van der Waals surface area contributed by atoms with Gasteiger partial charge in [-0.15, -0.1) is 11.3 Å². The molecule has 6 rings (SSSR count). The lowest BCUT2D eigenvalue weighted by Gasteiger charge is -2.44.